The number of nitrogens with one attached hydrogen (secondary N) is 1. The van der Waals surface area contributed by atoms with Crippen LogP contribution in [0.1, 0.15) is 44.2 Å². The molecule has 0 aliphatic carbocycles. The molecule has 12 heteroatoms. The molecule has 37 heavy (non-hydrogen) atoms. The number of hydrogen-bond acceptors (Lipinski definition) is 6. The maximum Gasteiger partial charge on any atom is 0.419 e. The first kappa shape index (κ1) is 27.1. The first-order valence-corrected chi connectivity index (χ1v) is 13.6. The van der Waals surface area contributed by atoms with Crippen LogP contribution in [0, 0.1) is 18.8 Å². The number of rotatable bonds is 7. The zero-order chi connectivity index (χ0) is 27.0. The van der Waals surface area contributed by atoms with Crippen molar-refractivity contribution >= 4 is 21.7 Å². The Bertz CT molecular complexity index is 1360. The first-order chi connectivity index (χ1) is 17.4. The van der Waals surface area contributed by atoms with Gasteiger partial charge in [-0.05, 0) is 55.4 Å². The van der Waals surface area contributed by atoms with Crippen molar-refractivity contribution in [1.29, 1.82) is 0 Å². The Kier molecular flexibility index (Phi) is 7.61. The van der Waals surface area contributed by atoms with Gasteiger partial charge in [-0.1, -0.05) is 20.3 Å². The van der Waals surface area contributed by atoms with E-state index in [-0.39, 0.29) is 22.1 Å². The minimum atomic E-state index is -4.64. The van der Waals surface area contributed by atoms with Crippen molar-refractivity contribution in [3.05, 3.63) is 47.9 Å². The molecule has 1 aliphatic rings. The molecule has 1 unspecified atom stereocenters. The van der Waals surface area contributed by atoms with Gasteiger partial charge < -0.3 is 5.32 Å². The summed E-state index contributed by atoms with van der Waals surface area (Å²) in [6.07, 6.45) is 1.61. The summed E-state index contributed by atoms with van der Waals surface area (Å²) in [4.78, 5) is 8.14. The lowest BCUT2D eigenvalue weighted by Crippen LogP contribution is -2.39. The molecule has 1 aliphatic heterocycles. The highest BCUT2D eigenvalue weighted by Gasteiger charge is 2.36. The normalized spacial score (nSPS) is 16.6. The molecule has 0 amide bonds. The second-order valence-electron chi connectivity index (χ2n) is 9.59. The molecular formula is C25H31F3N6O2S. The van der Waals surface area contributed by atoms with Crippen molar-refractivity contribution in [3.63, 3.8) is 0 Å². The number of halogens is 3. The van der Waals surface area contributed by atoms with E-state index in [0.717, 1.165) is 25.5 Å². The van der Waals surface area contributed by atoms with Crippen LogP contribution in [-0.4, -0.2) is 45.6 Å². The van der Waals surface area contributed by atoms with Crippen molar-refractivity contribution in [2.24, 2.45) is 18.9 Å². The Hall–Kier alpha value is -2.99. The number of piperidine rings is 1. The van der Waals surface area contributed by atoms with Gasteiger partial charge in [0.05, 0.1) is 16.8 Å². The fourth-order valence-corrected chi connectivity index (χ4v) is 6.19. The minimum Gasteiger partial charge on any atom is -0.324 e. The highest BCUT2D eigenvalue weighted by atomic mass is 32.2. The fraction of sp³-hybridized carbons (Fsp3) is 0.480. The minimum absolute atomic E-state index is 0.0438. The fourth-order valence-electron chi connectivity index (χ4n) is 4.64. The van der Waals surface area contributed by atoms with Crippen molar-refractivity contribution in [2.75, 3.05) is 18.4 Å². The van der Waals surface area contributed by atoms with E-state index in [4.69, 9.17) is 0 Å². The predicted molar refractivity (Wildman–Crippen MR) is 135 cm³/mol. The lowest BCUT2D eigenvalue weighted by molar-refractivity contribution is -0.137. The number of sulfonamides is 1. The van der Waals surface area contributed by atoms with Gasteiger partial charge in [-0.25, -0.2) is 18.4 Å². The van der Waals surface area contributed by atoms with Gasteiger partial charge in [-0.2, -0.15) is 22.6 Å². The predicted octanol–water partition coefficient (Wildman–Crippen LogP) is 5.39. The van der Waals surface area contributed by atoms with Gasteiger partial charge in [0.15, 0.2) is 0 Å². The number of alkyl halides is 3. The SMILES string of the molecule is CCC(C)C1CCN(S(=O)(=O)c2ccc(Nc3ncc(C(F)(F)F)c(-c4cnn(C)c4)n3)c(C)c2)CC1. The summed E-state index contributed by atoms with van der Waals surface area (Å²) >= 11 is 0. The Labute approximate surface area is 215 Å². The molecule has 1 saturated heterocycles. The lowest BCUT2D eigenvalue weighted by Gasteiger charge is -2.34. The molecule has 0 saturated carbocycles. The second kappa shape index (κ2) is 10.4. The number of nitrogens with zero attached hydrogens (tertiary/aromatic N) is 5. The van der Waals surface area contributed by atoms with E-state index in [9.17, 15) is 21.6 Å². The van der Waals surface area contributed by atoms with Crippen molar-refractivity contribution < 1.29 is 21.6 Å². The summed E-state index contributed by atoms with van der Waals surface area (Å²) in [5.74, 6) is 1.06. The molecule has 0 bridgehead atoms. The highest BCUT2D eigenvalue weighted by Crippen LogP contribution is 2.36. The van der Waals surface area contributed by atoms with Gasteiger partial charge in [0.1, 0.15) is 5.56 Å². The topological polar surface area (TPSA) is 93.0 Å². The van der Waals surface area contributed by atoms with E-state index in [0.29, 0.717) is 36.2 Å². The number of benzene rings is 1. The van der Waals surface area contributed by atoms with Crippen molar-refractivity contribution in [1.82, 2.24) is 24.1 Å². The summed E-state index contributed by atoms with van der Waals surface area (Å²) in [6.45, 7) is 7.08. The van der Waals surface area contributed by atoms with Crippen LogP contribution in [0.4, 0.5) is 24.8 Å². The Morgan fingerprint density at radius 3 is 2.46 bits per heavy atom. The maximum atomic E-state index is 13.6. The van der Waals surface area contributed by atoms with Gasteiger partial charge in [-0.3, -0.25) is 4.68 Å². The van der Waals surface area contributed by atoms with E-state index < -0.39 is 21.8 Å². The smallest absolute Gasteiger partial charge is 0.324 e. The molecule has 0 spiro atoms. The molecule has 8 nitrogen and oxygen atoms in total. The number of aryl methyl sites for hydroxylation is 2. The quantitative estimate of drug-likeness (QED) is 0.435. The largest absolute Gasteiger partial charge is 0.419 e. The average molecular weight is 537 g/mol. The van der Waals surface area contributed by atoms with Crippen LogP contribution in [0.5, 0.6) is 0 Å². The number of aromatic nitrogens is 4. The molecule has 4 rings (SSSR count). The van der Waals surface area contributed by atoms with Crippen LogP contribution < -0.4 is 5.32 Å². The standard InChI is InChI=1S/C25H31F3N6O2S/c1-5-16(2)18-8-10-34(11-9-18)37(35,36)20-6-7-22(17(3)12-20)31-24-29-14-21(25(26,27)28)23(32-24)19-13-30-33(4)15-19/h6-7,12-16,18H,5,8-11H2,1-4H3,(H,29,31,32). The molecule has 1 fully saturated rings. The lowest BCUT2D eigenvalue weighted by atomic mass is 9.85. The van der Waals surface area contributed by atoms with Crippen LogP contribution >= 0.6 is 0 Å². The zero-order valence-electron chi connectivity index (χ0n) is 21.2. The molecule has 1 aromatic carbocycles. The Morgan fingerprint density at radius 2 is 1.89 bits per heavy atom. The monoisotopic (exact) mass is 536 g/mol. The third-order valence-electron chi connectivity index (χ3n) is 7.10. The van der Waals surface area contributed by atoms with Crippen LogP contribution in [0.2, 0.25) is 0 Å². The maximum absolute atomic E-state index is 13.6. The van der Waals surface area contributed by atoms with Gasteiger partial charge in [0.2, 0.25) is 16.0 Å². The van der Waals surface area contributed by atoms with Crippen LogP contribution in [0.15, 0.2) is 41.7 Å². The van der Waals surface area contributed by atoms with Gasteiger partial charge >= 0.3 is 6.18 Å². The average Bonchev–Trinajstić information content (AvgIpc) is 3.30. The van der Waals surface area contributed by atoms with Gasteiger partial charge in [-0.15, -0.1) is 0 Å². The summed E-state index contributed by atoms with van der Waals surface area (Å²) in [6, 6.07) is 4.64. The third kappa shape index (κ3) is 5.80. The molecular weight excluding hydrogens is 505 g/mol. The van der Waals surface area contributed by atoms with Gasteiger partial charge in [0.25, 0.3) is 0 Å². The third-order valence-corrected chi connectivity index (χ3v) is 9.00. The molecule has 200 valence electrons. The Morgan fingerprint density at radius 1 is 1.19 bits per heavy atom. The highest BCUT2D eigenvalue weighted by molar-refractivity contribution is 7.89. The summed E-state index contributed by atoms with van der Waals surface area (Å²) in [5, 5.41) is 6.87. The molecule has 2 aromatic heterocycles. The number of anilines is 2. The summed E-state index contributed by atoms with van der Waals surface area (Å²) in [5.41, 5.74) is 0.0286. The van der Waals surface area contributed by atoms with Crippen molar-refractivity contribution in [3.8, 4) is 11.3 Å². The molecule has 0 radical (unpaired) electrons. The molecule has 3 aromatic rings. The molecule has 1 atom stereocenters. The van der Waals surface area contributed by atoms with Crippen LogP contribution in [0.3, 0.4) is 0 Å². The van der Waals surface area contributed by atoms with E-state index in [1.165, 1.54) is 27.4 Å². The van der Waals surface area contributed by atoms with Gasteiger partial charge in [0, 0.05) is 43.8 Å². The van der Waals surface area contributed by atoms with Crippen LogP contribution in [0.25, 0.3) is 11.3 Å². The summed E-state index contributed by atoms with van der Waals surface area (Å²) in [7, 11) is -2.05. The number of hydrogen-bond donors (Lipinski definition) is 1. The zero-order valence-corrected chi connectivity index (χ0v) is 22.1. The van der Waals surface area contributed by atoms with E-state index in [1.807, 2.05) is 0 Å². The first-order valence-electron chi connectivity index (χ1n) is 12.2. The second-order valence-corrected chi connectivity index (χ2v) is 11.5. The van der Waals surface area contributed by atoms with E-state index >= 15 is 0 Å². The van der Waals surface area contributed by atoms with E-state index in [2.05, 4.69) is 34.2 Å². The molecule has 3 heterocycles. The van der Waals surface area contributed by atoms with Crippen LogP contribution in [-0.2, 0) is 23.2 Å². The van der Waals surface area contributed by atoms with Crippen molar-refractivity contribution in [2.45, 2.75) is 51.1 Å². The van der Waals surface area contributed by atoms with E-state index in [1.54, 1.807) is 26.1 Å². The Balaban J connectivity index is 1.56. The summed E-state index contributed by atoms with van der Waals surface area (Å²) < 4.78 is 70.1. The molecule has 1 N–H and O–H groups in total.